The molecule has 2 aromatic rings. The van der Waals surface area contributed by atoms with Gasteiger partial charge in [-0.05, 0) is 24.3 Å². The van der Waals surface area contributed by atoms with Gasteiger partial charge >= 0.3 is 0 Å². The average molecular weight is 315 g/mol. The van der Waals surface area contributed by atoms with Crippen LogP contribution in [0.15, 0.2) is 42.7 Å². The highest BCUT2D eigenvalue weighted by molar-refractivity contribution is 5.77. The van der Waals surface area contributed by atoms with Gasteiger partial charge in [-0.1, -0.05) is 6.07 Å². The summed E-state index contributed by atoms with van der Waals surface area (Å²) < 4.78 is 13.1. The molecule has 0 saturated carbocycles. The fraction of sp³-hybridized carbons (Fsp3) is 0.412. The van der Waals surface area contributed by atoms with Crippen LogP contribution < -0.4 is 0 Å². The van der Waals surface area contributed by atoms with E-state index < -0.39 is 0 Å². The lowest BCUT2D eigenvalue weighted by Crippen LogP contribution is -2.39. The molecule has 3 heterocycles. The molecule has 6 nitrogen and oxygen atoms in total. The van der Waals surface area contributed by atoms with Crippen LogP contribution >= 0.6 is 0 Å². The topological polar surface area (TPSA) is 56.6 Å². The molecule has 2 aromatic heterocycles. The zero-order chi connectivity index (χ0) is 16.1. The highest BCUT2D eigenvalue weighted by Crippen LogP contribution is 2.16. The highest BCUT2D eigenvalue weighted by Gasteiger charge is 2.25. The molecule has 6 heteroatoms. The molecular formula is C17H21N3O3. The Bertz CT molecular complexity index is 642. The van der Waals surface area contributed by atoms with Crippen molar-refractivity contribution in [1.82, 2.24) is 14.5 Å². The summed E-state index contributed by atoms with van der Waals surface area (Å²) >= 11 is 0. The first kappa shape index (κ1) is 15.7. The summed E-state index contributed by atoms with van der Waals surface area (Å²) in [4.78, 5) is 18.3. The number of carbonyl (C=O) groups excluding carboxylic acids is 1. The van der Waals surface area contributed by atoms with Crippen LogP contribution in [0.4, 0.5) is 0 Å². The Balaban J connectivity index is 1.70. The first-order valence-corrected chi connectivity index (χ1v) is 7.68. The lowest BCUT2D eigenvalue weighted by molar-refractivity contribution is -0.137. The molecule has 1 atom stereocenters. The molecule has 0 radical (unpaired) electrons. The molecule has 0 N–H and O–H groups in total. The van der Waals surface area contributed by atoms with E-state index in [4.69, 9.17) is 9.47 Å². The van der Waals surface area contributed by atoms with Crippen molar-refractivity contribution in [1.29, 1.82) is 0 Å². The van der Waals surface area contributed by atoms with Crippen molar-refractivity contribution >= 4 is 5.91 Å². The number of pyridine rings is 1. The van der Waals surface area contributed by atoms with Crippen LogP contribution in [0, 0.1) is 0 Å². The normalized spacial score (nSPS) is 17.6. The van der Waals surface area contributed by atoms with E-state index in [0.717, 1.165) is 17.9 Å². The van der Waals surface area contributed by atoms with Crippen molar-refractivity contribution in [3.05, 3.63) is 54.1 Å². The summed E-state index contributed by atoms with van der Waals surface area (Å²) in [6, 6.07) is 9.79. The molecule has 0 unspecified atom stereocenters. The van der Waals surface area contributed by atoms with Crippen molar-refractivity contribution in [3.63, 3.8) is 0 Å². The second-order valence-corrected chi connectivity index (χ2v) is 5.61. The summed E-state index contributed by atoms with van der Waals surface area (Å²) in [6.07, 6.45) is 3.70. The molecule has 3 rings (SSSR count). The van der Waals surface area contributed by atoms with Crippen molar-refractivity contribution in [2.24, 2.45) is 0 Å². The maximum Gasteiger partial charge on any atom is 0.248 e. The van der Waals surface area contributed by atoms with Gasteiger partial charge in [-0.3, -0.25) is 9.78 Å². The summed E-state index contributed by atoms with van der Waals surface area (Å²) in [6.45, 7) is 2.39. The van der Waals surface area contributed by atoms with E-state index in [1.807, 2.05) is 36.5 Å². The van der Waals surface area contributed by atoms with Gasteiger partial charge in [0, 0.05) is 31.7 Å². The molecule has 1 aliphatic heterocycles. The van der Waals surface area contributed by atoms with Crippen LogP contribution in [0.2, 0.25) is 0 Å². The number of amides is 1. The van der Waals surface area contributed by atoms with Crippen molar-refractivity contribution in [3.8, 4) is 0 Å². The predicted molar refractivity (Wildman–Crippen MR) is 84.5 cm³/mol. The molecule has 0 fully saturated rings. The van der Waals surface area contributed by atoms with E-state index in [2.05, 4.69) is 9.55 Å². The van der Waals surface area contributed by atoms with E-state index in [1.165, 1.54) is 7.11 Å². The highest BCUT2D eigenvalue weighted by atomic mass is 16.5. The number of aromatic nitrogens is 2. The summed E-state index contributed by atoms with van der Waals surface area (Å²) in [5, 5.41) is 0. The van der Waals surface area contributed by atoms with Gasteiger partial charge in [0.2, 0.25) is 5.91 Å². The molecule has 23 heavy (non-hydrogen) atoms. The number of carbonyl (C=O) groups is 1. The van der Waals surface area contributed by atoms with E-state index in [9.17, 15) is 4.79 Å². The van der Waals surface area contributed by atoms with E-state index >= 15 is 0 Å². The lowest BCUT2D eigenvalue weighted by atomic mass is 10.3. The minimum absolute atomic E-state index is 0.0198. The number of rotatable bonds is 5. The Hall–Kier alpha value is -2.18. The third kappa shape index (κ3) is 3.97. The molecule has 122 valence electrons. The Labute approximate surface area is 135 Å². The Kier molecular flexibility index (Phi) is 5.05. The number of nitrogens with zero attached hydrogens (tertiary/aromatic N) is 3. The second kappa shape index (κ2) is 7.39. The van der Waals surface area contributed by atoms with Gasteiger partial charge in [0.05, 0.1) is 31.5 Å². The van der Waals surface area contributed by atoms with Crippen molar-refractivity contribution in [2.45, 2.75) is 25.8 Å². The fourth-order valence-corrected chi connectivity index (χ4v) is 2.75. The second-order valence-electron chi connectivity index (χ2n) is 5.61. The Morgan fingerprint density at radius 3 is 3.00 bits per heavy atom. The molecule has 0 aliphatic carbocycles. The fourth-order valence-electron chi connectivity index (χ4n) is 2.75. The Morgan fingerprint density at radius 1 is 1.30 bits per heavy atom. The average Bonchev–Trinajstić information content (AvgIpc) is 2.92. The van der Waals surface area contributed by atoms with E-state index in [1.54, 1.807) is 11.1 Å². The quantitative estimate of drug-likeness (QED) is 0.838. The minimum atomic E-state index is -0.0773. The van der Waals surface area contributed by atoms with Crippen molar-refractivity contribution in [2.75, 3.05) is 20.3 Å². The standard InChI is InChI=1S/C17H21N3O3/c1-22-13-17(21)20-9-15-6-4-8-19(15)10-16(11-20)23-12-14-5-2-3-7-18-14/h2-8,16H,9-13H2,1H3/t16-/m1/s1. The third-order valence-electron chi connectivity index (χ3n) is 3.91. The van der Waals surface area contributed by atoms with Gasteiger partial charge in [0.25, 0.3) is 0 Å². The monoisotopic (exact) mass is 315 g/mol. The smallest absolute Gasteiger partial charge is 0.248 e. The van der Waals surface area contributed by atoms with Gasteiger partial charge in [0.1, 0.15) is 6.61 Å². The first-order chi connectivity index (χ1) is 11.3. The van der Waals surface area contributed by atoms with Crippen LogP contribution in [0.3, 0.4) is 0 Å². The van der Waals surface area contributed by atoms with Crippen LogP contribution in [0.25, 0.3) is 0 Å². The predicted octanol–water partition coefficient (Wildman–Crippen LogP) is 1.46. The zero-order valence-electron chi connectivity index (χ0n) is 13.2. The van der Waals surface area contributed by atoms with Gasteiger partial charge in [-0.15, -0.1) is 0 Å². The molecule has 0 spiro atoms. The number of fused-ring (bicyclic) bond motifs is 1. The van der Waals surface area contributed by atoms with Crippen LogP contribution in [0.1, 0.15) is 11.4 Å². The summed E-state index contributed by atoms with van der Waals surface area (Å²) in [7, 11) is 1.54. The number of hydrogen-bond acceptors (Lipinski definition) is 4. The molecular weight excluding hydrogens is 294 g/mol. The molecule has 0 aromatic carbocycles. The third-order valence-corrected chi connectivity index (χ3v) is 3.91. The summed E-state index contributed by atoms with van der Waals surface area (Å²) in [5.74, 6) is -0.0198. The van der Waals surface area contributed by atoms with Gasteiger partial charge in [-0.2, -0.15) is 0 Å². The minimum Gasteiger partial charge on any atom is -0.375 e. The molecule has 1 amide bonds. The van der Waals surface area contributed by atoms with E-state index in [-0.39, 0.29) is 18.6 Å². The molecule has 0 saturated heterocycles. The van der Waals surface area contributed by atoms with Gasteiger partial charge in [0.15, 0.2) is 0 Å². The van der Waals surface area contributed by atoms with Crippen LogP contribution in [-0.2, 0) is 34.0 Å². The first-order valence-electron chi connectivity index (χ1n) is 7.68. The SMILES string of the molecule is COCC(=O)N1Cc2cccn2C[C@@H](OCc2ccccn2)C1. The Morgan fingerprint density at radius 2 is 2.22 bits per heavy atom. The maximum absolute atomic E-state index is 12.2. The van der Waals surface area contributed by atoms with Crippen LogP contribution in [-0.4, -0.2) is 46.7 Å². The van der Waals surface area contributed by atoms with Crippen LogP contribution in [0.5, 0.6) is 0 Å². The molecule has 0 bridgehead atoms. The zero-order valence-corrected chi connectivity index (χ0v) is 13.2. The summed E-state index contributed by atoms with van der Waals surface area (Å²) in [5.41, 5.74) is 2.00. The number of hydrogen-bond donors (Lipinski definition) is 0. The number of methoxy groups -OCH3 is 1. The van der Waals surface area contributed by atoms with Gasteiger partial charge in [-0.25, -0.2) is 0 Å². The molecule has 1 aliphatic rings. The number of ether oxygens (including phenoxy) is 2. The van der Waals surface area contributed by atoms with Crippen molar-refractivity contribution < 1.29 is 14.3 Å². The maximum atomic E-state index is 12.2. The van der Waals surface area contributed by atoms with Gasteiger partial charge < -0.3 is 18.9 Å². The largest absolute Gasteiger partial charge is 0.375 e. The van der Waals surface area contributed by atoms with E-state index in [0.29, 0.717) is 19.7 Å². The lowest BCUT2D eigenvalue weighted by Gasteiger charge is -2.24.